The van der Waals surface area contributed by atoms with Crippen molar-refractivity contribution in [3.8, 4) is 5.75 Å². The van der Waals surface area contributed by atoms with Crippen molar-refractivity contribution in [2.24, 2.45) is 0 Å². The summed E-state index contributed by atoms with van der Waals surface area (Å²) in [7, 11) is 1.54. The highest BCUT2D eigenvalue weighted by Gasteiger charge is 2.36. The van der Waals surface area contributed by atoms with Crippen LogP contribution in [0.5, 0.6) is 5.75 Å². The fourth-order valence-electron chi connectivity index (χ4n) is 2.52. The summed E-state index contributed by atoms with van der Waals surface area (Å²) in [5.41, 5.74) is 1.65. The van der Waals surface area contributed by atoms with Crippen LogP contribution in [0.25, 0.3) is 6.08 Å². The van der Waals surface area contributed by atoms with E-state index in [1.165, 1.54) is 7.11 Å². The normalized spacial score (nSPS) is 15.8. The van der Waals surface area contributed by atoms with Crippen LogP contribution in [0.4, 0.5) is 10.5 Å². The Labute approximate surface area is 150 Å². The van der Waals surface area contributed by atoms with Crippen molar-refractivity contribution < 1.29 is 24.2 Å². The van der Waals surface area contributed by atoms with E-state index in [4.69, 9.17) is 9.84 Å². The fraction of sp³-hybridized carbons (Fsp3) is 0.353. The van der Waals surface area contributed by atoms with Crippen LogP contribution in [0, 0.1) is 0 Å². The minimum atomic E-state index is -1.23. The van der Waals surface area contributed by atoms with Crippen LogP contribution in [0.1, 0.15) is 19.4 Å². The lowest BCUT2D eigenvalue weighted by Gasteiger charge is -2.22. The number of nitrogens with zero attached hydrogens (tertiary/aromatic N) is 2. The molecule has 2 amide bonds. The molecule has 1 fully saturated rings. The molecule has 0 bridgehead atoms. The van der Waals surface area contributed by atoms with Gasteiger partial charge in [0.1, 0.15) is 12.3 Å². The maximum atomic E-state index is 12.2. The molecule has 1 aliphatic heterocycles. The Kier molecular flexibility index (Phi) is 6.08. The Morgan fingerprint density at radius 1 is 1.32 bits per heavy atom. The minimum Gasteiger partial charge on any atom is -0.496 e. The number of anilines is 1. The van der Waals surface area contributed by atoms with E-state index in [-0.39, 0.29) is 4.91 Å². The molecule has 134 valence electrons. The third-order valence-electron chi connectivity index (χ3n) is 3.80. The molecule has 25 heavy (non-hydrogen) atoms. The number of aliphatic carboxylic acids is 1. The third-order valence-corrected chi connectivity index (χ3v) is 4.71. The van der Waals surface area contributed by atoms with Crippen molar-refractivity contribution >= 4 is 40.6 Å². The molecule has 0 aromatic heterocycles. The lowest BCUT2D eigenvalue weighted by molar-refractivity contribution is -0.140. The van der Waals surface area contributed by atoms with Crippen molar-refractivity contribution in [1.29, 1.82) is 0 Å². The zero-order valence-electron chi connectivity index (χ0n) is 14.3. The second-order valence-electron chi connectivity index (χ2n) is 5.26. The molecular formula is C17H20N2O5S. The van der Waals surface area contributed by atoms with E-state index in [0.29, 0.717) is 11.3 Å². The molecule has 0 saturated carbocycles. The van der Waals surface area contributed by atoms with E-state index >= 15 is 0 Å². The summed E-state index contributed by atoms with van der Waals surface area (Å²) in [5.74, 6) is -1.26. The van der Waals surface area contributed by atoms with Crippen molar-refractivity contribution in [3.63, 3.8) is 0 Å². The van der Waals surface area contributed by atoms with Gasteiger partial charge in [0, 0.05) is 30.4 Å². The van der Waals surface area contributed by atoms with Gasteiger partial charge in [-0.1, -0.05) is 0 Å². The molecule has 0 radical (unpaired) electrons. The Morgan fingerprint density at radius 2 is 2.00 bits per heavy atom. The maximum absolute atomic E-state index is 12.2. The van der Waals surface area contributed by atoms with Crippen LogP contribution < -0.4 is 9.64 Å². The number of thioether (sulfide) groups is 1. The van der Waals surface area contributed by atoms with Gasteiger partial charge in [0.25, 0.3) is 11.1 Å². The average molecular weight is 364 g/mol. The summed E-state index contributed by atoms with van der Waals surface area (Å²) >= 11 is 0.727. The molecule has 8 heteroatoms. The largest absolute Gasteiger partial charge is 0.496 e. The summed E-state index contributed by atoms with van der Waals surface area (Å²) < 4.78 is 5.40. The van der Waals surface area contributed by atoms with Gasteiger partial charge in [0.2, 0.25) is 0 Å². The van der Waals surface area contributed by atoms with Gasteiger partial charge < -0.3 is 14.7 Å². The number of hydrogen-bond donors (Lipinski definition) is 1. The summed E-state index contributed by atoms with van der Waals surface area (Å²) in [6.07, 6.45) is 1.55. The Balaban J connectivity index is 2.33. The second-order valence-corrected chi connectivity index (χ2v) is 6.25. The molecule has 1 N–H and O–H groups in total. The van der Waals surface area contributed by atoms with Crippen molar-refractivity contribution in [2.75, 3.05) is 31.6 Å². The second kappa shape index (κ2) is 8.06. The van der Waals surface area contributed by atoms with Crippen molar-refractivity contribution in [2.45, 2.75) is 13.8 Å². The lowest BCUT2D eigenvalue weighted by Crippen LogP contribution is -2.33. The summed E-state index contributed by atoms with van der Waals surface area (Å²) in [6.45, 7) is 5.19. The molecule has 1 aromatic rings. The standard InChI is InChI=1S/C17H20N2O5S/c1-4-18(5-2)12-7-6-11(13(9-12)24-3)8-14-16(22)19(10-15(20)21)17(23)25-14/h6-9H,4-5,10H2,1-3H3,(H,20,21)/b14-8+. The zero-order valence-corrected chi connectivity index (χ0v) is 15.1. The van der Waals surface area contributed by atoms with Crippen LogP contribution in [0.3, 0.4) is 0 Å². The maximum Gasteiger partial charge on any atom is 0.323 e. The molecule has 0 spiro atoms. The van der Waals surface area contributed by atoms with E-state index in [0.717, 1.165) is 35.4 Å². The number of carbonyl (C=O) groups excluding carboxylic acids is 2. The molecule has 0 aliphatic carbocycles. The zero-order chi connectivity index (χ0) is 18.6. The Morgan fingerprint density at radius 3 is 2.56 bits per heavy atom. The summed E-state index contributed by atoms with van der Waals surface area (Å²) in [6, 6.07) is 5.61. The first-order chi connectivity index (χ1) is 11.9. The number of carbonyl (C=O) groups is 3. The van der Waals surface area contributed by atoms with E-state index in [2.05, 4.69) is 18.7 Å². The smallest absolute Gasteiger partial charge is 0.323 e. The van der Waals surface area contributed by atoms with Gasteiger partial charge in [-0.3, -0.25) is 19.3 Å². The number of hydrogen-bond acceptors (Lipinski definition) is 6. The van der Waals surface area contributed by atoms with Gasteiger partial charge in [-0.2, -0.15) is 0 Å². The molecule has 1 aromatic carbocycles. The minimum absolute atomic E-state index is 0.181. The first-order valence-electron chi connectivity index (χ1n) is 7.81. The van der Waals surface area contributed by atoms with E-state index in [9.17, 15) is 14.4 Å². The summed E-state index contributed by atoms with van der Waals surface area (Å²) in [5, 5.41) is 8.21. The number of benzene rings is 1. The Hall–Kier alpha value is -2.48. The van der Waals surface area contributed by atoms with Gasteiger partial charge in [-0.15, -0.1) is 0 Å². The first kappa shape index (κ1) is 18.9. The lowest BCUT2D eigenvalue weighted by atomic mass is 10.1. The molecule has 1 aliphatic rings. The van der Waals surface area contributed by atoms with Crippen LogP contribution in [0.2, 0.25) is 0 Å². The van der Waals surface area contributed by atoms with Gasteiger partial charge >= 0.3 is 5.97 Å². The first-order valence-corrected chi connectivity index (χ1v) is 8.63. The van der Waals surface area contributed by atoms with E-state index < -0.39 is 23.7 Å². The molecule has 1 heterocycles. The molecule has 7 nitrogen and oxygen atoms in total. The predicted molar refractivity (Wildman–Crippen MR) is 96.9 cm³/mol. The van der Waals surface area contributed by atoms with Gasteiger partial charge in [-0.25, -0.2) is 0 Å². The fourth-order valence-corrected chi connectivity index (χ4v) is 3.35. The highest BCUT2D eigenvalue weighted by molar-refractivity contribution is 8.18. The van der Waals surface area contributed by atoms with Crippen molar-refractivity contribution in [3.05, 3.63) is 28.7 Å². The number of carboxylic acid groups (broad SMARTS) is 1. The Bertz CT molecular complexity index is 728. The molecule has 2 rings (SSSR count). The predicted octanol–water partition coefficient (Wildman–Crippen LogP) is 2.66. The van der Waals surface area contributed by atoms with Crippen LogP contribution in [0.15, 0.2) is 23.1 Å². The average Bonchev–Trinajstić information content (AvgIpc) is 2.84. The number of methoxy groups -OCH3 is 1. The third kappa shape index (κ3) is 4.14. The highest BCUT2D eigenvalue weighted by atomic mass is 32.2. The highest BCUT2D eigenvalue weighted by Crippen LogP contribution is 2.35. The quantitative estimate of drug-likeness (QED) is 0.744. The SMILES string of the molecule is CCN(CC)c1ccc(/C=C2/SC(=O)N(CC(=O)O)C2=O)c(OC)c1. The monoisotopic (exact) mass is 364 g/mol. The van der Waals surface area contributed by atoms with E-state index in [1.54, 1.807) is 6.08 Å². The van der Waals surface area contributed by atoms with Crippen LogP contribution in [-0.4, -0.2) is 53.9 Å². The topological polar surface area (TPSA) is 87.2 Å². The number of amides is 2. The number of ether oxygens (including phenoxy) is 1. The number of rotatable bonds is 7. The number of carboxylic acids is 1. The van der Waals surface area contributed by atoms with Gasteiger partial charge in [0.15, 0.2) is 0 Å². The molecule has 0 atom stereocenters. The summed E-state index contributed by atoms with van der Waals surface area (Å²) in [4.78, 5) is 37.9. The van der Waals surface area contributed by atoms with Crippen molar-refractivity contribution in [1.82, 2.24) is 4.90 Å². The van der Waals surface area contributed by atoms with Gasteiger partial charge in [0.05, 0.1) is 12.0 Å². The van der Waals surface area contributed by atoms with Gasteiger partial charge in [-0.05, 0) is 43.8 Å². The van der Waals surface area contributed by atoms with Crippen LogP contribution >= 0.6 is 11.8 Å². The molecular weight excluding hydrogens is 344 g/mol. The van der Waals surface area contributed by atoms with Crippen LogP contribution in [-0.2, 0) is 9.59 Å². The van der Waals surface area contributed by atoms with E-state index in [1.807, 2.05) is 18.2 Å². The molecule has 1 saturated heterocycles. The molecule has 0 unspecified atom stereocenters. The number of imide groups is 1.